The highest BCUT2D eigenvalue weighted by Crippen LogP contribution is 2.30. The van der Waals surface area contributed by atoms with Crippen LogP contribution in [0.15, 0.2) is 42.5 Å². The van der Waals surface area contributed by atoms with Crippen molar-refractivity contribution in [2.24, 2.45) is 0 Å². The van der Waals surface area contributed by atoms with Crippen molar-refractivity contribution in [2.75, 3.05) is 18.4 Å². The molecule has 0 radical (unpaired) electrons. The van der Waals surface area contributed by atoms with Crippen molar-refractivity contribution in [1.82, 2.24) is 4.90 Å². The molecular formula is C20H21FN2O2. The Labute approximate surface area is 146 Å². The van der Waals surface area contributed by atoms with Gasteiger partial charge in [0.2, 0.25) is 5.91 Å². The molecule has 0 aliphatic carbocycles. The SMILES string of the molecule is CC(=O)Nc1cc(C(=O)N2CC[C@H](c3ccccc3C)C2)ccc1F. The van der Waals surface area contributed by atoms with Gasteiger partial charge in [-0.1, -0.05) is 24.3 Å². The third-order valence-corrected chi connectivity index (χ3v) is 4.63. The van der Waals surface area contributed by atoms with E-state index < -0.39 is 5.82 Å². The van der Waals surface area contributed by atoms with Crippen LogP contribution in [-0.2, 0) is 4.79 Å². The molecule has 0 unspecified atom stereocenters. The van der Waals surface area contributed by atoms with Gasteiger partial charge in [-0.2, -0.15) is 0 Å². The maximum atomic E-state index is 13.8. The van der Waals surface area contributed by atoms with E-state index in [1.54, 1.807) is 4.90 Å². The van der Waals surface area contributed by atoms with E-state index in [9.17, 15) is 14.0 Å². The Hall–Kier alpha value is -2.69. The fourth-order valence-electron chi connectivity index (χ4n) is 3.37. The third-order valence-electron chi connectivity index (χ3n) is 4.63. The summed E-state index contributed by atoms with van der Waals surface area (Å²) in [5, 5.41) is 2.42. The predicted octanol–water partition coefficient (Wildman–Crippen LogP) is 3.72. The van der Waals surface area contributed by atoms with Crippen molar-refractivity contribution in [3.8, 4) is 0 Å². The van der Waals surface area contributed by atoms with Crippen molar-refractivity contribution in [2.45, 2.75) is 26.2 Å². The van der Waals surface area contributed by atoms with Crippen LogP contribution in [-0.4, -0.2) is 29.8 Å². The van der Waals surface area contributed by atoms with Gasteiger partial charge in [-0.25, -0.2) is 4.39 Å². The highest BCUT2D eigenvalue weighted by atomic mass is 19.1. The fraction of sp³-hybridized carbons (Fsp3) is 0.300. The zero-order valence-corrected chi connectivity index (χ0v) is 14.4. The molecule has 1 fully saturated rings. The molecule has 3 rings (SSSR count). The summed E-state index contributed by atoms with van der Waals surface area (Å²) in [5.74, 6) is -0.738. The standard InChI is InChI=1S/C20H21FN2O2/c1-13-5-3-4-6-17(13)16-9-10-23(12-16)20(25)15-7-8-18(21)19(11-15)22-14(2)24/h3-8,11,16H,9-10,12H2,1-2H3,(H,22,24)/t16-/m0/s1. The van der Waals surface area contributed by atoms with Crippen molar-refractivity contribution in [3.05, 3.63) is 65.0 Å². The van der Waals surface area contributed by atoms with Crippen molar-refractivity contribution in [1.29, 1.82) is 0 Å². The molecule has 0 bridgehead atoms. The van der Waals surface area contributed by atoms with Crippen LogP contribution in [0.2, 0.25) is 0 Å². The van der Waals surface area contributed by atoms with E-state index in [4.69, 9.17) is 0 Å². The van der Waals surface area contributed by atoms with Crippen LogP contribution in [0.25, 0.3) is 0 Å². The highest BCUT2D eigenvalue weighted by molar-refractivity contribution is 5.97. The molecule has 1 aliphatic rings. The largest absolute Gasteiger partial charge is 0.338 e. The van der Waals surface area contributed by atoms with E-state index in [1.165, 1.54) is 36.2 Å². The number of rotatable bonds is 3. The van der Waals surface area contributed by atoms with E-state index in [1.807, 2.05) is 12.1 Å². The molecule has 1 saturated heterocycles. The summed E-state index contributed by atoms with van der Waals surface area (Å²) in [6.07, 6.45) is 0.913. The van der Waals surface area contributed by atoms with Crippen LogP contribution in [0.4, 0.5) is 10.1 Å². The van der Waals surface area contributed by atoms with Gasteiger partial charge >= 0.3 is 0 Å². The van der Waals surface area contributed by atoms with Gasteiger partial charge in [0.1, 0.15) is 5.82 Å². The molecule has 2 amide bonds. The van der Waals surface area contributed by atoms with Crippen LogP contribution in [0.1, 0.15) is 40.7 Å². The summed E-state index contributed by atoms with van der Waals surface area (Å²) < 4.78 is 13.8. The lowest BCUT2D eigenvalue weighted by atomic mass is 9.94. The third kappa shape index (κ3) is 3.71. The summed E-state index contributed by atoms with van der Waals surface area (Å²) in [6.45, 7) is 4.71. The van der Waals surface area contributed by atoms with Crippen LogP contribution in [0.3, 0.4) is 0 Å². The van der Waals surface area contributed by atoms with Crippen LogP contribution >= 0.6 is 0 Å². The van der Waals surface area contributed by atoms with E-state index in [-0.39, 0.29) is 17.5 Å². The van der Waals surface area contributed by atoms with Gasteiger partial charge in [0.15, 0.2) is 0 Å². The van der Waals surface area contributed by atoms with Crippen LogP contribution in [0, 0.1) is 12.7 Å². The molecule has 4 nitrogen and oxygen atoms in total. The van der Waals surface area contributed by atoms with E-state index >= 15 is 0 Å². The molecule has 0 saturated carbocycles. The van der Waals surface area contributed by atoms with E-state index in [0.29, 0.717) is 24.6 Å². The smallest absolute Gasteiger partial charge is 0.253 e. The lowest BCUT2D eigenvalue weighted by Gasteiger charge is -2.18. The second-order valence-electron chi connectivity index (χ2n) is 6.47. The number of halogens is 1. The Kier molecular flexibility index (Phi) is 4.83. The summed E-state index contributed by atoms with van der Waals surface area (Å²) in [4.78, 5) is 25.7. The monoisotopic (exact) mass is 340 g/mol. The highest BCUT2D eigenvalue weighted by Gasteiger charge is 2.29. The normalized spacial score (nSPS) is 16.8. The molecule has 130 valence electrons. The average molecular weight is 340 g/mol. The Morgan fingerprint density at radius 1 is 1.20 bits per heavy atom. The number of hydrogen-bond donors (Lipinski definition) is 1. The van der Waals surface area contributed by atoms with Crippen molar-refractivity contribution < 1.29 is 14.0 Å². The fourth-order valence-corrected chi connectivity index (χ4v) is 3.37. The first-order valence-electron chi connectivity index (χ1n) is 8.37. The topological polar surface area (TPSA) is 49.4 Å². The molecular weight excluding hydrogens is 319 g/mol. The molecule has 1 aliphatic heterocycles. The first-order chi connectivity index (χ1) is 12.0. The molecule has 1 N–H and O–H groups in total. The van der Waals surface area contributed by atoms with Gasteiger partial charge in [0, 0.05) is 31.5 Å². The molecule has 1 heterocycles. The molecule has 5 heteroatoms. The number of benzene rings is 2. The molecule has 2 aromatic rings. The number of carbonyl (C=O) groups excluding carboxylic acids is 2. The Morgan fingerprint density at radius 3 is 2.68 bits per heavy atom. The number of anilines is 1. The lowest BCUT2D eigenvalue weighted by Crippen LogP contribution is -2.28. The van der Waals surface area contributed by atoms with Gasteiger partial charge in [-0.3, -0.25) is 9.59 Å². The van der Waals surface area contributed by atoms with Gasteiger partial charge in [0.05, 0.1) is 5.69 Å². The predicted molar refractivity (Wildman–Crippen MR) is 95.1 cm³/mol. The van der Waals surface area contributed by atoms with Gasteiger partial charge < -0.3 is 10.2 Å². The maximum Gasteiger partial charge on any atom is 0.253 e. The van der Waals surface area contributed by atoms with Gasteiger partial charge in [0.25, 0.3) is 5.91 Å². The summed E-state index contributed by atoms with van der Waals surface area (Å²) >= 11 is 0. The van der Waals surface area contributed by atoms with Crippen molar-refractivity contribution >= 4 is 17.5 Å². The second kappa shape index (κ2) is 7.05. The average Bonchev–Trinajstić information content (AvgIpc) is 3.06. The first kappa shape index (κ1) is 17.1. The number of hydrogen-bond acceptors (Lipinski definition) is 2. The molecule has 2 aromatic carbocycles. The van der Waals surface area contributed by atoms with Crippen molar-refractivity contribution in [3.63, 3.8) is 0 Å². The molecule has 25 heavy (non-hydrogen) atoms. The minimum Gasteiger partial charge on any atom is -0.338 e. The van der Waals surface area contributed by atoms with Gasteiger partial charge in [-0.15, -0.1) is 0 Å². The summed E-state index contributed by atoms with van der Waals surface area (Å²) in [5.41, 5.74) is 2.93. The Bertz CT molecular complexity index is 819. The number of nitrogens with one attached hydrogen (secondary N) is 1. The molecule has 1 atom stereocenters. The minimum absolute atomic E-state index is 0.0352. The number of nitrogens with zero attached hydrogens (tertiary/aromatic N) is 1. The number of aryl methyl sites for hydroxylation is 1. The zero-order chi connectivity index (χ0) is 18.0. The summed E-state index contributed by atoms with van der Waals surface area (Å²) in [6, 6.07) is 12.3. The lowest BCUT2D eigenvalue weighted by molar-refractivity contribution is -0.114. The quantitative estimate of drug-likeness (QED) is 0.926. The van der Waals surface area contributed by atoms with E-state index in [0.717, 1.165) is 6.42 Å². The first-order valence-corrected chi connectivity index (χ1v) is 8.37. The summed E-state index contributed by atoms with van der Waals surface area (Å²) in [7, 11) is 0. The van der Waals surface area contributed by atoms with Crippen LogP contribution < -0.4 is 5.32 Å². The Morgan fingerprint density at radius 2 is 1.96 bits per heavy atom. The minimum atomic E-state index is -0.550. The number of amides is 2. The number of likely N-dealkylation sites (tertiary alicyclic amines) is 1. The Balaban J connectivity index is 1.76. The molecule has 0 aromatic heterocycles. The second-order valence-corrected chi connectivity index (χ2v) is 6.47. The van der Waals surface area contributed by atoms with E-state index in [2.05, 4.69) is 24.4 Å². The molecule has 0 spiro atoms. The maximum absolute atomic E-state index is 13.8. The van der Waals surface area contributed by atoms with Gasteiger partial charge in [-0.05, 0) is 42.7 Å². The number of carbonyl (C=O) groups is 2. The zero-order valence-electron chi connectivity index (χ0n) is 14.4. The van der Waals surface area contributed by atoms with Crippen LogP contribution in [0.5, 0.6) is 0 Å².